The molecule has 2 aliphatic rings. The number of nitrogens with zero attached hydrogens (tertiary/aromatic N) is 2. The first-order chi connectivity index (χ1) is 14.8. The van der Waals surface area contributed by atoms with Crippen LogP contribution in [0.1, 0.15) is 23.6 Å². The maximum Gasteiger partial charge on any atom is 0.200 e. The van der Waals surface area contributed by atoms with Gasteiger partial charge in [0.15, 0.2) is 5.71 Å². The van der Waals surface area contributed by atoms with Crippen LogP contribution < -0.4 is 10.2 Å². The lowest BCUT2D eigenvalue weighted by atomic mass is 9.88. The highest BCUT2D eigenvalue weighted by atomic mass is 32.4. The van der Waals surface area contributed by atoms with Gasteiger partial charge in [0, 0.05) is 49.2 Å². The zero-order valence-corrected chi connectivity index (χ0v) is 20.8. The van der Waals surface area contributed by atoms with Crippen LogP contribution in [0.3, 0.4) is 0 Å². The molecule has 0 spiro atoms. The van der Waals surface area contributed by atoms with E-state index in [1.807, 2.05) is 6.92 Å². The Bertz CT molecular complexity index is 1230. The number of anilines is 1. The first kappa shape index (κ1) is 22.0. The molecule has 0 radical (unpaired) electrons. The summed E-state index contributed by atoms with van der Waals surface area (Å²) in [4.78, 5) is 2.13. The minimum Gasteiger partial charge on any atom is -0.378 e. The van der Waals surface area contributed by atoms with Crippen molar-refractivity contribution in [3.8, 4) is 0 Å². The Kier molecular flexibility index (Phi) is 5.91. The molecule has 4 rings (SSSR count). The van der Waals surface area contributed by atoms with Gasteiger partial charge in [0.2, 0.25) is 0 Å². The first-order valence-corrected chi connectivity index (χ1v) is 13.3. The van der Waals surface area contributed by atoms with E-state index in [0.29, 0.717) is 6.61 Å². The van der Waals surface area contributed by atoms with Gasteiger partial charge in [-0.3, -0.25) is 0 Å². The van der Waals surface area contributed by atoms with Gasteiger partial charge in [0.05, 0.1) is 0 Å². The van der Waals surface area contributed by atoms with Gasteiger partial charge in [-0.05, 0) is 59.9 Å². The van der Waals surface area contributed by atoms with Crippen molar-refractivity contribution in [2.24, 2.45) is 0 Å². The molecule has 0 aromatic heterocycles. The molecule has 0 amide bonds. The Labute approximate surface area is 191 Å². The molecule has 2 aromatic rings. The maximum atomic E-state index is 6.48. The summed E-state index contributed by atoms with van der Waals surface area (Å²) < 4.78 is 8.61. The molecule has 1 aliphatic carbocycles. The number of fused-ring (bicyclic) bond motifs is 2. The summed E-state index contributed by atoms with van der Waals surface area (Å²) in [6.07, 6.45) is 4.22. The molecular weight excluding hydrogens is 419 g/mol. The number of aryl methyl sites for hydroxylation is 1. The molecule has 3 nitrogen and oxygen atoms in total. The summed E-state index contributed by atoms with van der Waals surface area (Å²) in [6, 6.07) is 15.3. The first-order valence-electron chi connectivity index (χ1n) is 10.6. The Morgan fingerprint density at radius 3 is 2.42 bits per heavy atom. The van der Waals surface area contributed by atoms with Gasteiger partial charge in [-0.25, -0.2) is 4.58 Å². The zero-order chi connectivity index (χ0) is 22.3. The molecule has 1 atom stereocenters. The van der Waals surface area contributed by atoms with Gasteiger partial charge in [-0.1, -0.05) is 42.1 Å². The molecule has 160 valence electrons. The van der Waals surface area contributed by atoms with E-state index in [9.17, 15) is 0 Å². The zero-order valence-electron chi connectivity index (χ0n) is 19.1. The van der Waals surface area contributed by atoms with Crippen LogP contribution >= 0.6 is 6.26 Å². The Hall–Kier alpha value is -2.26. The molecule has 0 fully saturated rings. The van der Waals surface area contributed by atoms with Crippen LogP contribution in [0, 0.1) is 6.92 Å². The molecule has 1 aliphatic heterocycles. The van der Waals surface area contributed by atoms with Gasteiger partial charge in [0.25, 0.3) is 0 Å². The van der Waals surface area contributed by atoms with Crippen molar-refractivity contribution < 1.29 is 9.10 Å². The number of allylic oxidation sites excluding steroid dienone is 5. The Morgan fingerprint density at radius 1 is 1.03 bits per heavy atom. The van der Waals surface area contributed by atoms with Crippen molar-refractivity contribution in [1.82, 2.24) is 0 Å². The van der Waals surface area contributed by atoms with Gasteiger partial charge in [-0.15, -0.1) is 0 Å². The third-order valence-corrected chi connectivity index (χ3v) is 10.0. The van der Waals surface area contributed by atoms with Crippen LogP contribution in [0.2, 0.25) is 0 Å². The smallest absolute Gasteiger partial charge is 0.200 e. The fourth-order valence-electron chi connectivity index (χ4n) is 4.25. The summed E-state index contributed by atoms with van der Waals surface area (Å²) in [6.45, 7) is 4.81. The van der Waals surface area contributed by atoms with Crippen LogP contribution in [0.4, 0.5) is 5.69 Å². The number of hydrogen-bond donors (Lipinski definition) is 0. The molecule has 0 bridgehead atoms. The summed E-state index contributed by atoms with van der Waals surface area (Å²) >= 11 is 6.43. The van der Waals surface area contributed by atoms with Crippen LogP contribution in [0.5, 0.6) is 0 Å². The predicted molar refractivity (Wildman–Crippen MR) is 138 cm³/mol. The SMILES string of the molecule is CCOP1(=S)C2=CC(=[N+](C)C)C=CC2=C(c2ccccc2C)c2ccc(N(C)C)cc21. The molecule has 1 unspecified atom stereocenters. The largest absolute Gasteiger partial charge is 0.378 e. The molecule has 0 saturated carbocycles. The minimum absolute atomic E-state index is 0.592. The van der Waals surface area contributed by atoms with Crippen LogP contribution in [0.15, 0.2) is 71.6 Å². The average Bonchev–Trinajstić information content (AvgIpc) is 2.75. The highest BCUT2D eigenvalue weighted by Gasteiger charge is 2.39. The van der Waals surface area contributed by atoms with E-state index >= 15 is 0 Å². The normalized spacial score (nSPS) is 19.7. The molecule has 31 heavy (non-hydrogen) atoms. The van der Waals surface area contributed by atoms with Crippen molar-refractivity contribution in [1.29, 1.82) is 0 Å². The molecule has 0 N–H and O–H groups in total. The van der Waals surface area contributed by atoms with Gasteiger partial charge in [-0.2, -0.15) is 0 Å². The van der Waals surface area contributed by atoms with Gasteiger partial charge >= 0.3 is 0 Å². The van der Waals surface area contributed by atoms with Crippen molar-refractivity contribution >= 4 is 40.3 Å². The molecule has 0 saturated heterocycles. The molecule has 5 heteroatoms. The second-order valence-electron chi connectivity index (χ2n) is 8.35. The number of rotatable bonds is 4. The Balaban J connectivity index is 2.15. The van der Waals surface area contributed by atoms with E-state index in [-0.39, 0.29) is 0 Å². The summed E-state index contributed by atoms with van der Waals surface area (Å²) in [5.74, 6) is 0. The lowest BCUT2D eigenvalue weighted by molar-refractivity contribution is -0.462. The van der Waals surface area contributed by atoms with E-state index in [0.717, 1.165) is 22.0 Å². The van der Waals surface area contributed by atoms with Crippen LogP contribution in [-0.4, -0.2) is 45.1 Å². The topological polar surface area (TPSA) is 15.5 Å². The summed E-state index contributed by atoms with van der Waals surface area (Å²) in [5.41, 5.74) is 8.43. The van der Waals surface area contributed by atoms with E-state index in [1.165, 1.54) is 27.8 Å². The fraction of sp³-hybridized carbons (Fsp3) is 0.269. The van der Waals surface area contributed by atoms with E-state index in [2.05, 4.69) is 105 Å². The van der Waals surface area contributed by atoms with Crippen molar-refractivity contribution in [2.75, 3.05) is 39.7 Å². The summed E-state index contributed by atoms with van der Waals surface area (Å²) in [5, 5.41) is 2.30. The van der Waals surface area contributed by atoms with Crippen LogP contribution in [0.25, 0.3) is 5.57 Å². The molecular formula is C26H30N2OPS+. The quantitative estimate of drug-likeness (QED) is 0.477. The lowest BCUT2D eigenvalue weighted by Crippen LogP contribution is -2.25. The van der Waals surface area contributed by atoms with E-state index in [4.69, 9.17) is 16.3 Å². The number of benzene rings is 2. The predicted octanol–water partition coefficient (Wildman–Crippen LogP) is 5.10. The van der Waals surface area contributed by atoms with Crippen LogP contribution in [-0.2, 0) is 16.3 Å². The highest BCUT2D eigenvalue weighted by Crippen LogP contribution is 2.63. The lowest BCUT2D eigenvalue weighted by Gasteiger charge is -2.36. The monoisotopic (exact) mass is 449 g/mol. The average molecular weight is 450 g/mol. The minimum atomic E-state index is -2.44. The Morgan fingerprint density at radius 2 is 1.77 bits per heavy atom. The second-order valence-corrected chi connectivity index (χ2v) is 12.2. The van der Waals surface area contributed by atoms with Crippen molar-refractivity contribution in [2.45, 2.75) is 13.8 Å². The fourth-order valence-corrected chi connectivity index (χ4v) is 7.98. The second kappa shape index (κ2) is 8.35. The van der Waals surface area contributed by atoms with Gasteiger partial charge in [0.1, 0.15) is 20.4 Å². The molecule has 2 aromatic carbocycles. The third-order valence-electron chi connectivity index (χ3n) is 5.89. The molecule has 1 heterocycles. The van der Waals surface area contributed by atoms with E-state index < -0.39 is 6.26 Å². The highest BCUT2D eigenvalue weighted by molar-refractivity contribution is 8.18. The van der Waals surface area contributed by atoms with Gasteiger partial charge < -0.3 is 9.42 Å². The maximum absolute atomic E-state index is 6.48. The number of hydrogen-bond acceptors (Lipinski definition) is 3. The third kappa shape index (κ3) is 3.67. The van der Waals surface area contributed by atoms with E-state index in [1.54, 1.807) is 0 Å². The summed E-state index contributed by atoms with van der Waals surface area (Å²) in [7, 11) is 8.27. The van der Waals surface area contributed by atoms with Crippen molar-refractivity contribution in [3.05, 3.63) is 88.3 Å². The standard InChI is InChI=1S/C26H30N2OPS/c1-7-29-30(31)24-16-19(27(3)4)12-14-22(24)26(21-11-9-8-10-18(21)2)23-15-13-20(28(5)6)17-25(23)30/h8-17H,7H2,1-6H3/q+1. The van der Waals surface area contributed by atoms with Crippen molar-refractivity contribution in [3.63, 3.8) is 0 Å².